The van der Waals surface area contributed by atoms with Gasteiger partial charge < -0.3 is 14.1 Å². The summed E-state index contributed by atoms with van der Waals surface area (Å²) in [4.78, 5) is 20.5. The number of nitrogens with zero attached hydrogens (tertiary/aromatic N) is 4. The molecule has 3 heterocycles. The summed E-state index contributed by atoms with van der Waals surface area (Å²) >= 11 is 0. The van der Waals surface area contributed by atoms with E-state index in [9.17, 15) is 9.90 Å². The number of fused-ring (bicyclic) bond motifs is 1. The second kappa shape index (κ2) is 6.37. The van der Waals surface area contributed by atoms with Crippen molar-refractivity contribution in [2.75, 3.05) is 0 Å². The molecule has 0 spiro atoms. The predicted molar refractivity (Wildman–Crippen MR) is 91.0 cm³/mol. The summed E-state index contributed by atoms with van der Waals surface area (Å²) in [6, 6.07) is 12.8. The van der Waals surface area contributed by atoms with Gasteiger partial charge in [-0.3, -0.25) is 4.57 Å². The topological polar surface area (TPSA) is 86.1 Å². The minimum atomic E-state index is -0.827. The molecule has 0 saturated heterocycles. The molecule has 1 atom stereocenters. The van der Waals surface area contributed by atoms with Crippen molar-refractivity contribution in [3.05, 3.63) is 83.0 Å². The number of benzene rings is 1. The first-order valence-electron chi connectivity index (χ1n) is 7.92. The maximum absolute atomic E-state index is 12.0. The molecule has 0 amide bonds. The van der Waals surface area contributed by atoms with E-state index in [0.717, 1.165) is 5.56 Å². The average Bonchev–Trinajstić information content (AvgIpc) is 3.23. The molecule has 7 heteroatoms. The summed E-state index contributed by atoms with van der Waals surface area (Å²) in [6.45, 7) is 0.831. The fraction of sp³-hybridized carbons (Fsp3) is 0.167. The molecule has 0 aliphatic carbocycles. The molecular formula is C18H16N4O3. The number of aromatic nitrogens is 4. The third-order valence-corrected chi connectivity index (χ3v) is 4.10. The third-order valence-electron chi connectivity index (χ3n) is 4.10. The molecule has 25 heavy (non-hydrogen) atoms. The lowest BCUT2D eigenvalue weighted by atomic mass is 10.1. The Balaban J connectivity index is 1.59. The zero-order valence-electron chi connectivity index (χ0n) is 13.3. The quantitative estimate of drug-likeness (QED) is 0.602. The van der Waals surface area contributed by atoms with Crippen LogP contribution in [0.4, 0.5) is 0 Å². The molecule has 1 aromatic carbocycles. The molecule has 0 saturated carbocycles. The van der Waals surface area contributed by atoms with Crippen LogP contribution in [0, 0.1) is 0 Å². The van der Waals surface area contributed by atoms with Gasteiger partial charge in [0, 0.05) is 31.7 Å². The number of oxazole rings is 1. The number of pyridine rings is 1. The van der Waals surface area contributed by atoms with Gasteiger partial charge in [0.25, 0.3) is 0 Å². The summed E-state index contributed by atoms with van der Waals surface area (Å²) in [7, 11) is 0. The SMILES string of the molecule is O=c1oc2cccnc2n1CCn1ccnc1[C@H](O)c1ccccc1. The van der Waals surface area contributed by atoms with Gasteiger partial charge in [-0.1, -0.05) is 30.3 Å². The summed E-state index contributed by atoms with van der Waals surface area (Å²) in [5.41, 5.74) is 1.74. The number of hydrogen-bond acceptors (Lipinski definition) is 5. The van der Waals surface area contributed by atoms with Gasteiger partial charge in [-0.15, -0.1) is 0 Å². The summed E-state index contributed by atoms with van der Waals surface area (Å²) in [5.74, 6) is 0.0824. The van der Waals surface area contributed by atoms with E-state index in [1.165, 1.54) is 4.57 Å². The molecular weight excluding hydrogens is 320 g/mol. The minimum Gasteiger partial charge on any atom is -0.406 e. The lowest BCUT2D eigenvalue weighted by molar-refractivity contribution is 0.203. The minimum absolute atomic E-state index is 0.369. The van der Waals surface area contributed by atoms with Crippen molar-refractivity contribution in [2.45, 2.75) is 19.2 Å². The molecule has 0 unspecified atom stereocenters. The van der Waals surface area contributed by atoms with E-state index < -0.39 is 11.9 Å². The van der Waals surface area contributed by atoms with Crippen LogP contribution in [0.2, 0.25) is 0 Å². The van der Waals surface area contributed by atoms with Crippen molar-refractivity contribution in [1.29, 1.82) is 0 Å². The van der Waals surface area contributed by atoms with Crippen molar-refractivity contribution in [2.24, 2.45) is 0 Å². The van der Waals surface area contributed by atoms with Crippen LogP contribution in [-0.4, -0.2) is 24.2 Å². The molecule has 1 N–H and O–H groups in total. The van der Waals surface area contributed by atoms with Gasteiger partial charge in [-0.25, -0.2) is 14.8 Å². The number of imidazole rings is 1. The van der Waals surface area contributed by atoms with E-state index in [1.54, 1.807) is 30.7 Å². The van der Waals surface area contributed by atoms with Gasteiger partial charge in [0.15, 0.2) is 11.2 Å². The van der Waals surface area contributed by atoms with Gasteiger partial charge in [-0.2, -0.15) is 0 Å². The number of hydrogen-bond donors (Lipinski definition) is 1. The Bertz CT molecular complexity index is 1050. The van der Waals surface area contributed by atoms with Crippen LogP contribution in [0.15, 0.2) is 70.3 Å². The molecule has 4 rings (SSSR count). The first kappa shape index (κ1) is 15.3. The molecule has 0 aliphatic heterocycles. The number of rotatable bonds is 5. The Kier molecular flexibility index (Phi) is 3.91. The molecule has 7 nitrogen and oxygen atoms in total. The highest BCUT2D eigenvalue weighted by Gasteiger charge is 2.17. The highest BCUT2D eigenvalue weighted by molar-refractivity contribution is 5.67. The molecule has 3 aromatic heterocycles. The van der Waals surface area contributed by atoms with E-state index >= 15 is 0 Å². The third kappa shape index (κ3) is 2.85. The van der Waals surface area contributed by atoms with Crippen LogP contribution in [-0.2, 0) is 13.1 Å². The first-order chi connectivity index (χ1) is 12.2. The number of aliphatic hydroxyl groups excluding tert-OH is 1. The van der Waals surface area contributed by atoms with Crippen molar-refractivity contribution >= 4 is 11.2 Å². The molecule has 0 radical (unpaired) electrons. The predicted octanol–water partition coefficient (Wildman–Crippen LogP) is 1.97. The van der Waals surface area contributed by atoms with E-state index in [4.69, 9.17) is 4.42 Å². The van der Waals surface area contributed by atoms with Crippen molar-refractivity contribution in [1.82, 2.24) is 19.1 Å². The largest absolute Gasteiger partial charge is 0.421 e. The Morgan fingerprint density at radius 1 is 1.04 bits per heavy atom. The van der Waals surface area contributed by atoms with Crippen LogP contribution in [0.1, 0.15) is 17.5 Å². The van der Waals surface area contributed by atoms with Crippen LogP contribution < -0.4 is 5.76 Å². The Hall–Kier alpha value is -3.19. The number of aliphatic hydroxyl groups is 1. The lowest BCUT2D eigenvalue weighted by Gasteiger charge is -2.13. The Morgan fingerprint density at radius 3 is 2.72 bits per heavy atom. The van der Waals surface area contributed by atoms with Crippen molar-refractivity contribution < 1.29 is 9.52 Å². The van der Waals surface area contributed by atoms with Crippen LogP contribution in [0.3, 0.4) is 0 Å². The smallest absolute Gasteiger partial charge is 0.406 e. The highest BCUT2D eigenvalue weighted by Crippen LogP contribution is 2.20. The van der Waals surface area contributed by atoms with Gasteiger partial charge in [-0.05, 0) is 17.7 Å². The fourth-order valence-electron chi connectivity index (χ4n) is 2.85. The molecule has 0 fully saturated rings. The van der Waals surface area contributed by atoms with E-state index in [1.807, 2.05) is 34.9 Å². The van der Waals surface area contributed by atoms with Crippen LogP contribution in [0.25, 0.3) is 11.2 Å². The lowest BCUT2D eigenvalue weighted by Crippen LogP contribution is -2.19. The van der Waals surface area contributed by atoms with E-state index in [-0.39, 0.29) is 0 Å². The van der Waals surface area contributed by atoms with Gasteiger partial charge in [0.2, 0.25) is 0 Å². The average molecular weight is 336 g/mol. The molecule has 4 aromatic rings. The zero-order valence-corrected chi connectivity index (χ0v) is 13.3. The normalized spacial score (nSPS) is 12.5. The number of aryl methyl sites for hydroxylation is 2. The highest BCUT2D eigenvalue weighted by atomic mass is 16.4. The van der Waals surface area contributed by atoms with Gasteiger partial charge in [0.1, 0.15) is 11.9 Å². The monoisotopic (exact) mass is 336 g/mol. The van der Waals surface area contributed by atoms with Crippen molar-refractivity contribution in [3.8, 4) is 0 Å². The molecule has 0 bridgehead atoms. The second-order valence-corrected chi connectivity index (χ2v) is 5.64. The van der Waals surface area contributed by atoms with Gasteiger partial charge in [0.05, 0.1) is 0 Å². The second-order valence-electron chi connectivity index (χ2n) is 5.64. The van der Waals surface area contributed by atoms with E-state index in [2.05, 4.69) is 9.97 Å². The van der Waals surface area contributed by atoms with Gasteiger partial charge >= 0.3 is 5.76 Å². The standard InChI is InChI=1S/C18H16N4O3/c23-15(13-5-2-1-3-6-13)17-20-9-10-21(17)11-12-22-16-14(25-18(22)24)7-4-8-19-16/h1-10,15,23H,11-12H2/t15-/m1/s1. The first-order valence-corrected chi connectivity index (χ1v) is 7.92. The molecule has 126 valence electrons. The summed E-state index contributed by atoms with van der Waals surface area (Å²) in [5, 5.41) is 10.6. The Morgan fingerprint density at radius 2 is 1.88 bits per heavy atom. The van der Waals surface area contributed by atoms with E-state index in [0.29, 0.717) is 30.1 Å². The Labute approximate surface area is 142 Å². The van der Waals surface area contributed by atoms with Crippen LogP contribution >= 0.6 is 0 Å². The maximum Gasteiger partial charge on any atom is 0.421 e. The van der Waals surface area contributed by atoms with Crippen LogP contribution in [0.5, 0.6) is 0 Å². The molecule has 0 aliphatic rings. The maximum atomic E-state index is 12.0. The van der Waals surface area contributed by atoms with Crippen molar-refractivity contribution in [3.63, 3.8) is 0 Å². The zero-order chi connectivity index (χ0) is 17.2. The summed E-state index contributed by atoms with van der Waals surface area (Å²) < 4.78 is 8.49. The summed E-state index contributed by atoms with van der Waals surface area (Å²) in [6.07, 6.45) is 4.21. The fourth-order valence-corrected chi connectivity index (χ4v) is 2.85.